The van der Waals surface area contributed by atoms with Gasteiger partial charge >= 0.3 is 0 Å². The minimum absolute atomic E-state index is 0.0501. The lowest BCUT2D eigenvalue weighted by Gasteiger charge is -2.16. The standard InChI is InChI=1S/C15H11BrClFN2O2/c1-9(22)20(18)15-6-11(16)3-5-14(15)19-12-4-2-10(8-21)13(17)7-12/h2-8,19H,1H3. The molecule has 0 atom stereocenters. The van der Waals surface area contributed by atoms with E-state index in [1.165, 1.54) is 6.07 Å². The Balaban J connectivity index is 2.39. The third-order valence-electron chi connectivity index (χ3n) is 2.85. The van der Waals surface area contributed by atoms with Crippen molar-refractivity contribution in [1.29, 1.82) is 0 Å². The second-order valence-corrected chi connectivity index (χ2v) is 5.76. The van der Waals surface area contributed by atoms with Crippen LogP contribution >= 0.6 is 27.5 Å². The zero-order valence-corrected chi connectivity index (χ0v) is 13.8. The number of nitrogens with one attached hydrogen (secondary N) is 1. The van der Waals surface area contributed by atoms with Gasteiger partial charge in [0.1, 0.15) is 5.69 Å². The van der Waals surface area contributed by atoms with Crippen molar-refractivity contribution in [2.45, 2.75) is 6.92 Å². The van der Waals surface area contributed by atoms with Crippen LogP contribution in [0.3, 0.4) is 0 Å². The number of carbonyl (C=O) groups is 2. The van der Waals surface area contributed by atoms with Crippen LogP contribution in [-0.4, -0.2) is 12.2 Å². The summed E-state index contributed by atoms with van der Waals surface area (Å²) in [6.07, 6.45) is 0.649. The van der Waals surface area contributed by atoms with E-state index in [0.29, 0.717) is 27.7 Å². The van der Waals surface area contributed by atoms with Crippen molar-refractivity contribution in [3.63, 3.8) is 0 Å². The van der Waals surface area contributed by atoms with E-state index in [1.54, 1.807) is 30.3 Å². The highest BCUT2D eigenvalue weighted by Gasteiger charge is 2.16. The summed E-state index contributed by atoms with van der Waals surface area (Å²) in [5.41, 5.74) is 1.38. The number of hydrogen-bond donors (Lipinski definition) is 1. The van der Waals surface area contributed by atoms with Crippen LogP contribution in [0.15, 0.2) is 40.9 Å². The van der Waals surface area contributed by atoms with Gasteiger partial charge in [-0.2, -0.15) is 0 Å². The normalized spacial score (nSPS) is 10.2. The average molecular weight is 386 g/mol. The maximum atomic E-state index is 13.9. The van der Waals surface area contributed by atoms with E-state index >= 15 is 0 Å². The smallest absolute Gasteiger partial charge is 0.251 e. The van der Waals surface area contributed by atoms with E-state index in [1.807, 2.05) is 0 Å². The first-order chi connectivity index (χ1) is 10.4. The van der Waals surface area contributed by atoms with Crippen molar-refractivity contribution < 1.29 is 14.1 Å². The van der Waals surface area contributed by atoms with Crippen LogP contribution in [-0.2, 0) is 4.79 Å². The Bertz CT molecular complexity index is 739. The summed E-state index contributed by atoms with van der Waals surface area (Å²) in [4.78, 5) is 22.0. The summed E-state index contributed by atoms with van der Waals surface area (Å²) >= 11 is 9.19. The molecule has 0 aliphatic rings. The molecule has 2 aromatic carbocycles. The van der Waals surface area contributed by atoms with Crippen LogP contribution in [0, 0.1) is 0 Å². The van der Waals surface area contributed by atoms with E-state index in [0.717, 1.165) is 6.92 Å². The van der Waals surface area contributed by atoms with Gasteiger partial charge in [0.05, 0.1) is 10.7 Å². The van der Waals surface area contributed by atoms with E-state index in [9.17, 15) is 14.1 Å². The summed E-state index contributed by atoms with van der Waals surface area (Å²) in [5.74, 6) is -0.740. The van der Waals surface area contributed by atoms with Gasteiger partial charge in [-0.25, -0.2) is 0 Å². The average Bonchev–Trinajstić information content (AvgIpc) is 2.48. The van der Waals surface area contributed by atoms with Crippen molar-refractivity contribution in [1.82, 2.24) is 0 Å². The molecule has 2 aromatic rings. The lowest BCUT2D eigenvalue weighted by atomic mass is 10.2. The number of carbonyl (C=O) groups excluding carboxylic acids is 2. The fourth-order valence-corrected chi connectivity index (χ4v) is 2.37. The summed E-state index contributed by atoms with van der Waals surface area (Å²) in [7, 11) is 0. The Morgan fingerprint density at radius 2 is 2.05 bits per heavy atom. The number of benzene rings is 2. The first-order valence-electron chi connectivity index (χ1n) is 6.20. The van der Waals surface area contributed by atoms with Crippen molar-refractivity contribution in [2.75, 3.05) is 10.4 Å². The second-order valence-electron chi connectivity index (χ2n) is 4.44. The molecule has 0 unspecified atom stereocenters. The van der Waals surface area contributed by atoms with Gasteiger partial charge in [-0.3, -0.25) is 9.59 Å². The molecule has 0 saturated carbocycles. The predicted octanol–water partition coefficient (Wildman–Crippen LogP) is 4.90. The van der Waals surface area contributed by atoms with Gasteiger partial charge in [-0.15, -0.1) is 5.12 Å². The monoisotopic (exact) mass is 384 g/mol. The Kier molecular flexibility index (Phi) is 5.15. The molecule has 7 heteroatoms. The number of nitrogens with zero attached hydrogens (tertiary/aromatic N) is 1. The Hall–Kier alpha value is -1.92. The molecule has 0 spiro atoms. The third-order valence-corrected chi connectivity index (χ3v) is 3.67. The predicted molar refractivity (Wildman–Crippen MR) is 88.5 cm³/mol. The topological polar surface area (TPSA) is 49.4 Å². The summed E-state index contributed by atoms with van der Waals surface area (Å²) in [6, 6.07) is 9.54. The van der Waals surface area contributed by atoms with Gasteiger partial charge in [0.2, 0.25) is 0 Å². The molecule has 0 aliphatic heterocycles. The quantitative estimate of drug-likeness (QED) is 0.602. The number of amides is 1. The van der Waals surface area contributed by atoms with Crippen molar-refractivity contribution in [2.24, 2.45) is 0 Å². The number of halogens is 3. The molecular weight excluding hydrogens is 375 g/mol. The molecule has 0 bridgehead atoms. The minimum atomic E-state index is -0.740. The third kappa shape index (κ3) is 3.64. The molecule has 0 radical (unpaired) electrons. The number of anilines is 3. The Morgan fingerprint density at radius 1 is 1.32 bits per heavy atom. The number of hydrogen-bond acceptors (Lipinski definition) is 3. The first-order valence-corrected chi connectivity index (χ1v) is 7.37. The first kappa shape index (κ1) is 16.5. The fourth-order valence-electron chi connectivity index (χ4n) is 1.80. The van der Waals surface area contributed by atoms with E-state index in [4.69, 9.17) is 11.6 Å². The molecule has 4 nitrogen and oxygen atoms in total. The zero-order chi connectivity index (χ0) is 16.3. The van der Waals surface area contributed by atoms with Gasteiger partial charge in [-0.05, 0) is 36.4 Å². The van der Waals surface area contributed by atoms with Gasteiger partial charge in [-0.1, -0.05) is 32.0 Å². The van der Waals surface area contributed by atoms with Crippen molar-refractivity contribution in [3.8, 4) is 0 Å². The van der Waals surface area contributed by atoms with Crippen LogP contribution < -0.4 is 10.4 Å². The summed E-state index contributed by atoms with van der Waals surface area (Å²) < 4.78 is 14.6. The van der Waals surface area contributed by atoms with Gasteiger partial charge in [0, 0.05) is 22.6 Å². The lowest BCUT2D eigenvalue weighted by Crippen LogP contribution is -2.19. The largest absolute Gasteiger partial charge is 0.354 e. The molecule has 1 N–H and O–H groups in total. The molecule has 0 heterocycles. The molecule has 22 heavy (non-hydrogen) atoms. The molecule has 0 fully saturated rings. The molecule has 1 amide bonds. The van der Waals surface area contributed by atoms with Crippen LogP contribution in [0.4, 0.5) is 21.5 Å². The molecule has 0 aliphatic carbocycles. The highest BCUT2D eigenvalue weighted by Crippen LogP contribution is 2.33. The highest BCUT2D eigenvalue weighted by atomic mass is 79.9. The van der Waals surface area contributed by atoms with E-state index < -0.39 is 5.91 Å². The Labute approximate surface area is 139 Å². The molecular formula is C15H11BrClFN2O2. The van der Waals surface area contributed by atoms with Crippen LogP contribution in [0.25, 0.3) is 0 Å². The number of aldehydes is 1. The Morgan fingerprint density at radius 3 is 2.64 bits per heavy atom. The SMILES string of the molecule is CC(=O)N(F)c1cc(Br)ccc1Nc1ccc(C=O)c(Cl)c1. The molecule has 0 aromatic heterocycles. The van der Waals surface area contributed by atoms with E-state index in [-0.39, 0.29) is 15.8 Å². The second kappa shape index (κ2) is 6.89. The van der Waals surface area contributed by atoms with Gasteiger partial charge < -0.3 is 5.32 Å². The maximum absolute atomic E-state index is 13.9. The zero-order valence-electron chi connectivity index (χ0n) is 11.4. The summed E-state index contributed by atoms with van der Waals surface area (Å²) in [6.45, 7) is 1.13. The van der Waals surface area contributed by atoms with Crippen molar-refractivity contribution >= 4 is 56.8 Å². The minimum Gasteiger partial charge on any atom is -0.354 e. The van der Waals surface area contributed by atoms with E-state index in [2.05, 4.69) is 21.2 Å². The highest BCUT2D eigenvalue weighted by molar-refractivity contribution is 9.10. The van der Waals surface area contributed by atoms with Crippen LogP contribution in [0.1, 0.15) is 17.3 Å². The molecule has 2 rings (SSSR count). The lowest BCUT2D eigenvalue weighted by molar-refractivity contribution is -0.119. The van der Waals surface area contributed by atoms with Gasteiger partial charge in [0.25, 0.3) is 5.91 Å². The maximum Gasteiger partial charge on any atom is 0.251 e. The fraction of sp³-hybridized carbons (Fsp3) is 0.0667. The van der Waals surface area contributed by atoms with Crippen LogP contribution in [0.2, 0.25) is 5.02 Å². The summed E-state index contributed by atoms with van der Waals surface area (Å²) in [5, 5.41) is 3.30. The van der Waals surface area contributed by atoms with Crippen LogP contribution in [0.5, 0.6) is 0 Å². The molecule has 0 saturated heterocycles. The van der Waals surface area contributed by atoms with Gasteiger partial charge in [0.15, 0.2) is 6.29 Å². The number of rotatable bonds is 4. The molecule has 114 valence electrons. The van der Waals surface area contributed by atoms with Crippen molar-refractivity contribution in [3.05, 3.63) is 51.5 Å².